The summed E-state index contributed by atoms with van der Waals surface area (Å²) in [7, 11) is 3.19. The topological polar surface area (TPSA) is 96.4 Å². The van der Waals surface area contributed by atoms with Gasteiger partial charge in [-0.1, -0.05) is 35.9 Å². The zero-order valence-corrected chi connectivity index (χ0v) is 33.3. The molecule has 0 amide bonds. The van der Waals surface area contributed by atoms with E-state index in [0.717, 1.165) is 28.9 Å². The molecule has 1 atom stereocenters. The first-order chi connectivity index (χ1) is 28.0. The predicted molar refractivity (Wildman–Crippen MR) is 218 cm³/mol. The molecular formula is C44H43ClF3N7O3. The smallest absolute Gasteiger partial charge is 0.418 e. The van der Waals surface area contributed by atoms with Crippen LogP contribution in [0, 0.1) is 12.8 Å². The van der Waals surface area contributed by atoms with Crippen molar-refractivity contribution in [2.75, 3.05) is 37.6 Å². The molecule has 4 heterocycles. The Balaban J connectivity index is 1.23. The molecule has 2 aromatic heterocycles. The fourth-order valence-electron chi connectivity index (χ4n) is 7.35. The molecule has 0 radical (unpaired) electrons. The number of benzene rings is 3. The Hall–Kier alpha value is -5.95. The Morgan fingerprint density at radius 2 is 1.66 bits per heavy atom. The molecule has 2 N–H and O–H groups in total. The highest BCUT2D eigenvalue weighted by Crippen LogP contribution is 2.42. The van der Waals surface area contributed by atoms with Gasteiger partial charge in [0.25, 0.3) is 0 Å². The number of rotatable bonds is 13. The molecule has 3 aromatic carbocycles. The Morgan fingerprint density at radius 1 is 0.983 bits per heavy atom. The van der Waals surface area contributed by atoms with Gasteiger partial charge in [0.2, 0.25) is 0 Å². The summed E-state index contributed by atoms with van der Waals surface area (Å²) >= 11 is 7.19. The number of ether oxygens (including phenoxy) is 3. The predicted octanol–water partition coefficient (Wildman–Crippen LogP) is 8.34. The highest BCUT2D eigenvalue weighted by atomic mass is 35.5. The van der Waals surface area contributed by atoms with Crippen molar-refractivity contribution >= 4 is 28.9 Å². The molecule has 300 valence electrons. The van der Waals surface area contributed by atoms with Gasteiger partial charge in [-0.05, 0) is 97.3 Å². The van der Waals surface area contributed by atoms with E-state index < -0.39 is 11.7 Å². The highest BCUT2D eigenvalue weighted by molar-refractivity contribution is 6.33. The first kappa shape index (κ1) is 38.9. The lowest BCUT2D eigenvalue weighted by atomic mass is 9.99. The molecule has 14 heteroatoms. The van der Waals surface area contributed by atoms with Crippen LogP contribution in [0.25, 0.3) is 17.1 Å². The van der Waals surface area contributed by atoms with Gasteiger partial charge in [-0.25, -0.2) is 4.98 Å². The summed E-state index contributed by atoms with van der Waals surface area (Å²) < 4.78 is 62.4. The molecule has 1 unspecified atom stereocenters. The van der Waals surface area contributed by atoms with E-state index in [9.17, 15) is 0 Å². The molecule has 10 nitrogen and oxygen atoms in total. The zero-order valence-electron chi connectivity index (χ0n) is 32.5. The summed E-state index contributed by atoms with van der Waals surface area (Å²) in [6, 6.07) is 19.9. The van der Waals surface area contributed by atoms with Gasteiger partial charge in [0.15, 0.2) is 0 Å². The lowest BCUT2D eigenvalue weighted by Gasteiger charge is -2.31. The number of aryl methyl sites for hydroxylation is 1. The standard InChI is InChI=1S/C44H43ClF3N7O3/c1-26-17-37(54(23-29-7-11-33(56-3)12-8-29)24-30-9-13-34(57-4)14-10-30)53-41(39(26)44(46,47)48)35-19-36-38-42(40(35)45)51-25-52-43(38)55(15-16-58-36)27(2)31-18-32(22-49-21-31)50-20-28-5-6-28/h7-19,21-22,27-28,50,52H,5-6,20,23-25H2,1-4H3. The Kier molecular flexibility index (Phi) is 10.8. The molecule has 58 heavy (non-hydrogen) atoms. The van der Waals surface area contributed by atoms with Crippen LogP contribution in [-0.4, -0.2) is 42.3 Å². The largest absolute Gasteiger partial charge is 0.497 e. The monoisotopic (exact) mass is 809 g/mol. The first-order valence-electron chi connectivity index (χ1n) is 19.1. The third kappa shape index (κ3) is 8.08. The summed E-state index contributed by atoms with van der Waals surface area (Å²) in [6.45, 7) is 5.22. The molecule has 1 fully saturated rings. The Labute approximate surface area is 339 Å². The van der Waals surface area contributed by atoms with Gasteiger partial charge in [-0.2, -0.15) is 13.2 Å². The van der Waals surface area contributed by atoms with E-state index in [1.807, 2.05) is 77.6 Å². The molecule has 0 bridgehead atoms. The third-order valence-corrected chi connectivity index (χ3v) is 11.1. The maximum Gasteiger partial charge on any atom is 0.418 e. The average Bonchev–Trinajstić information content (AvgIpc) is 4.08. The van der Waals surface area contributed by atoms with Crippen LogP contribution in [0.15, 0.2) is 96.6 Å². The number of hydrogen-bond donors (Lipinski definition) is 2. The van der Waals surface area contributed by atoms with E-state index in [4.69, 9.17) is 35.8 Å². The van der Waals surface area contributed by atoms with E-state index in [1.165, 1.54) is 38.2 Å². The van der Waals surface area contributed by atoms with Crippen LogP contribution < -0.4 is 40.3 Å². The molecule has 3 aliphatic rings. The molecular weight excluding hydrogens is 767 g/mol. The van der Waals surface area contributed by atoms with Crippen LogP contribution in [0.5, 0.6) is 17.2 Å². The third-order valence-electron chi connectivity index (χ3n) is 10.7. The van der Waals surface area contributed by atoms with Crippen LogP contribution in [0.2, 0.25) is 5.02 Å². The van der Waals surface area contributed by atoms with Gasteiger partial charge in [0.05, 0.1) is 52.8 Å². The van der Waals surface area contributed by atoms with Gasteiger partial charge < -0.3 is 34.6 Å². The van der Waals surface area contributed by atoms with Crippen LogP contribution >= 0.6 is 11.6 Å². The van der Waals surface area contributed by atoms with Crippen molar-refractivity contribution in [1.29, 1.82) is 0 Å². The average molecular weight is 810 g/mol. The minimum atomic E-state index is -4.76. The summed E-state index contributed by atoms with van der Waals surface area (Å²) in [4.78, 5) is 17.9. The number of anilines is 2. The lowest BCUT2D eigenvalue weighted by molar-refractivity contribution is -0.137. The molecule has 0 spiro atoms. The number of alkyl halides is 3. The summed E-state index contributed by atoms with van der Waals surface area (Å²) in [5, 5.41) is 7.75. The zero-order chi connectivity index (χ0) is 40.6. The number of hydrogen-bond acceptors (Lipinski definition) is 10. The van der Waals surface area contributed by atoms with Crippen molar-refractivity contribution in [1.82, 2.24) is 20.2 Å². The number of pyridine rings is 2. The quantitative estimate of drug-likeness (QED) is 0.122. The maximum atomic E-state index is 15.2. The molecule has 0 saturated heterocycles. The van der Waals surface area contributed by atoms with E-state index >= 15 is 13.2 Å². The molecule has 8 rings (SSSR count). The van der Waals surface area contributed by atoms with Gasteiger partial charge >= 0.3 is 6.18 Å². The number of methoxy groups -OCH3 is 2. The van der Waals surface area contributed by atoms with Crippen molar-refractivity contribution in [2.24, 2.45) is 10.9 Å². The van der Waals surface area contributed by atoms with Crippen molar-refractivity contribution in [2.45, 2.75) is 52.0 Å². The lowest BCUT2D eigenvalue weighted by Crippen LogP contribution is -2.44. The minimum Gasteiger partial charge on any atom is -0.497 e. The molecule has 1 aliphatic carbocycles. The van der Waals surface area contributed by atoms with E-state index in [1.54, 1.807) is 20.4 Å². The Bertz CT molecular complexity index is 2430. The van der Waals surface area contributed by atoms with E-state index in [-0.39, 0.29) is 40.3 Å². The van der Waals surface area contributed by atoms with Crippen LogP contribution in [-0.2, 0) is 19.3 Å². The molecule has 5 aromatic rings. The van der Waals surface area contributed by atoms with Gasteiger partial charge in [0.1, 0.15) is 41.8 Å². The summed E-state index contributed by atoms with van der Waals surface area (Å²) in [6.07, 6.45) is 4.67. The highest BCUT2D eigenvalue weighted by Gasteiger charge is 2.38. The Morgan fingerprint density at radius 3 is 2.28 bits per heavy atom. The number of aromatic nitrogens is 2. The second kappa shape index (κ2) is 16.1. The van der Waals surface area contributed by atoms with E-state index in [0.29, 0.717) is 52.7 Å². The normalized spacial score (nSPS) is 15.0. The van der Waals surface area contributed by atoms with Crippen molar-refractivity contribution in [3.05, 3.63) is 135 Å². The number of nitrogens with zero attached hydrogens (tertiary/aromatic N) is 5. The fraction of sp³-hybridized carbons (Fsp3) is 0.295. The SMILES string of the molecule is COc1ccc(CN(Cc2ccc(OC)cc2)c2cc(C)c(C(F)(F)F)c(-c3cc4c5c(c3Cl)=NCNC=5N(C(C)c3cncc(NCC5CC5)c3)C=CO4)n2)cc1. The van der Waals surface area contributed by atoms with Crippen LogP contribution in [0.3, 0.4) is 0 Å². The summed E-state index contributed by atoms with van der Waals surface area (Å²) in [5.41, 5.74) is 2.56. The van der Waals surface area contributed by atoms with Gasteiger partial charge in [0, 0.05) is 43.8 Å². The molecule has 1 saturated carbocycles. The second-order valence-electron chi connectivity index (χ2n) is 14.7. The fourth-order valence-corrected chi connectivity index (χ4v) is 7.65. The van der Waals surface area contributed by atoms with Crippen LogP contribution in [0.1, 0.15) is 53.6 Å². The maximum absolute atomic E-state index is 15.2. The number of halogens is 4. The molecule has 2 aliphatic heterocycles. The minimum absolute atomic E-state index is 0.00394. The number of nitrogens with one attached hydrogen (secondary N) is 2. The van der Waals surface area contributed by atoms with Crippen molar-refractivity contribution < 1.29 is 27.4 Å². The van der Waals surface area contributed by atoms with Crippen molar-refractivity contribution in [3.63, 3.8) is 0 Å². The van der Waals surface area contributed by atoms with Crippen molar-refractivity contribution in [3.8, 4) is 28.5 Å². The summed E-state index contributed by atoms with van der Waals surface area (Å²) in [5.74, 6) is 3.36. The van der Waals surface area contributed by atoms with Gasteiger partial charge in [-0.3, -0.25) is 9.98 Å². The second-order valence-corrected chi connectivity index (χ2v) is 15.1. The van der Waals surface area contributed by atoms with E-state index in [2.05, 4.69) is 21.7 Å². The first-order valence-corrected chi connectivity index (χ1v) is 19.4. The van der Waals surface area contributed by atoms with Gasteiger partial charge in [-0.15, -0.1) is 0 Å². The van der Waals surface area contributed by atoms with Crippen LogP contribution in [0.4, 0.5) is 24.7 Å².